The van der Waals surface area contributed by atoms with Crippen LogP contribution in [0.3, 0.4) is 0 Å². The van der Waals surface area contributed by atoms with Crippen LogP contribution in [-0.4, -0.2) is 9.55 Å². The minimum absolute atomic E-state index is 0.349. The van der Waals surface area contributed by atoms with E-state index < -0.39 is 0 Å². The lowest BCUT2D eigenvalue weighted by atomic mass is 9.82. The Bertz CT molecular complexity index is 955. The van der Waals surface area contributed by atoms with Crippen LogP contribution in [0.15, 0.2) is 97.6 Å². The fourth-order valence-electron chi connectivity index (χ4n) is 4.47. The van der Waals surface area contributed by atoms with Crippen molar-refractivity contribution in [3.8, 4) is 5.69 Å². The monoisotopic (exact) mass is 380 g/mol. The molecule has 29 heavy (non-hydrogen) atoms. The zero-order chi connectivity index (χ0) is 20.1. The molecule has 1 aromatic heterocycles. The Kier molecular flexibility index (Phi) is 5.90. The van der Waals surface area contributed by atoms with Gasteiger partial charge in [0.05, 0.1) is 12.0 Å². The molecule has 0 amide bonds. The highest BCUT2D eigenvalue weighted by Crippen LogP contribution is 2.39. The van der Waals surface area contributed by atoms with Crippen molar-refractivity contribution < 1.29 is 0 Å². The summed E-state index contributed by atoms with van der Waals surface area (Å²) in [5.41, 5.74) is 6.73. The third-order valence-corrected chi connectivity index (χ3v) is 5.83. The lowest BCUT2D eigenvalue weighted by molar-refractivity contribution is 0.739. The van der Waals surface area contributed by atoms with Crippen molar-refractivity contribution in [3.05, 3.63) is 120 Å². The first-order chi connectivity index (χ1) is 14.3. The summed E-state index contributed by atoms with van der Waals surface area (Å²) in [5, 5.41) is 0. The number of benzene rings is 3. The van der Waals surface area contributed by atoms with Gasteiger partial charge in [-0.3, -0.25) is 0 Å². The Morgan fingerprint density at radius 2 is 1.21 bits per heavy atom. The molecule has 4 aromatic rings. The summed E-state index contributed by atoms with van der Waals surface area (Å²) in [7, 11) is 0. The van der Waals surface area contributed by atoms with Crippen LogP contribution in [-0.2, 0) is 0 Å². The number of aromatic nitrogens is 2. The molecule has 2 nitrogen and oxygen atoms in total. The van der Waals surface area contributed by atoms with Crippen LogP contribution < -0.4 is 0 Å². The molecule has 0 radical (unpaired) electrons. The van der Waals surface area contributed by atoms with Crippen LogP contribution in [0.5, 0.6) is 0 Å². The highest BCUT2D eigenvalue weighted by Gasteiger charge is 2.23. The Hall–Kier alpha value is -3.13. The second-order valence-corrected chi connectivity index (χ2v) is 7.50. The smallest absolute Gasteiger partial charge is 0.0991 e. The predicted octanol–water partition coefficient (Wildman–Crippen LogP) is 6.96. The fourth-order valence-corrected chi connectivity index (χ4v) is 4.47. The molecule has 1 heterocycles. The molecule has 3 aromatic carbocycles. The number of imidazole rings is 1. The first-order valence-corrected chi connectivity index (χ1v) is 10.5. The van der Waals surface area contributed by atoms with Gasteiger partial charge in [0.25, 0.3) is 0 Å². The van der Waals surface area contributed by atoms with E-state index >= 15 is 0 Å². The van der Waals surface area contributed by atoms with E-state index in [1.54, 1.807) is 0 Å². The molecule has 0 aliphatic heterocycles. The van der Waals surface area contributed by atoms with Gasteiger partial charge in [-0.1, -0.05) is 92.7 Å². The van der Waals surface area contributed by atoms with Crippen LogP contribution in [0.25, 0.3) is 5.69 Å². The third kappa shape index (κ3) is 3.88. The zero-order valence-electron chi connectivity index (χ0n) is 17.2. The molecule has 146 valence electrons. The van der Waals surface area contributed by atoms with Crippen molar-refractivity contribution in [1.82, 2.24) is 9.55 Å². The topological polar surface area (TPSA) is 17.8 Å². The highest BCUT2D eigenvalue weighted by molar-refractivity contribution is 5.56. The molecule has 0 aliphatic rings. The first-order valence-electron chi connectivity index (χ1n) is 10.5. The lowest BCUT2D eigenvalue weighted by Gasteiger charge is -2.26. The molecule has 2 unspecified atom stereocenters. The van der Waals surface area contributed by atoms with E-state index in [0.29, 0.717) is 11.8 Å². The van der Waals surface area contributed by atoms with E-state index in [1.165, 1.54) is 27.9 Å². The SMILES string of the molecule is CCC(c1ccccc1)c1cccc(C(CC)c2ccccc2)c1-n1ccnc1. The van der Waals surface area contributed by atoms with Crippen molar-refractivity contribution in [2.75, 3.05) is 0 Å². The molecule has 0 fully saturated rings. The van der Waals surface area contributed by atoms with Crippen LogP contribution in [0, 0.1) is 0 Å². The number of rotatable bonds is 7. The van der Waals surface area contributed by atoms with Gasteiger partial charge in [-0.15, -0.1) is 0 Å². The van der Waals surface area contributed by atoms with Crippen molar-refractivity contribution in [1.29, 1.82) is 0 Å². The molecule has 0 N–H and O–H groups in total. The Balaban J connectivity index is 1.92. The van der Waals surface area contributed by atoms with Gasteiger partial charge in [-0.25, -0.2) is 4.98 Å². The predicted molar refractivity (Wildman–Crippen MR) is 121 cm³/mol. The summed E-state index contributed by atoms with van der Waals surface area (Å²) in [4.78, 5) is 4.36. The molecule has 4 rings (SSSR count). The normalized spacial score (nSPS) is 13.2. The van der Waals surface area contributed by atoms with E-state index in [9.17, 15) is 0 Å². The molecule has 0 aliphatic carbocycles. The average molecular weight is 381 g/mol. The van der Waals surface area contributed by atoms with Crippen LogP contribution >= 0.6 is 0 Å². The summed E-state index contributed by atoms with van der Waals surface area (Å²) in [5.74, 6) is 0.698. The largest absolute Gasteiger partial charge is 0.306 e. The van der Waals surface area contributed by atoms with Gasteiger partial charge in [0, 0.05) is 24.2 Å². The Morgan fingerprint density at radius 1 is 0.690 bits per heavy atom. The lowest BCUT2D eigenvalue weighted by Crippen LogP contribution is -2.11. The fraction of sp³-hybridized carbons (Fsp3) is 0.222. The maximum atomic E-state index is 4.36. The average Bonchev–Trinajstić information content (AvgIpc) is 3.31. The van der Waals surface area contributed by atoms with Crippen molar-refractivity contribution in [2.45, 2.75) is 38.5 Å². The standard InChI is InChI=1S/C27H28N2/c1-3-23(21-12-7-5-8-13-21)25-16-11-17-26(27(25)29-19-18-28-20-29)24(4-2)22-14-9-6-10-15-22/h5-20,23-24H,3-4H2,1-2H3. The molecular formula is C27H28N2. The van der Waals surface area contributed by atoms with Gasteiger partial charge in [0.1, 0.15) is 0 Å². The Labute approximate surface area is 173 Å². The number of para-hydroxylation sites is 1. The molecule has 2 atom stereocenters. The van der Waals surface area contributed by atoms with E-state index in [1.807, 2.05) is 12.5 Å². The summed E-state index contributed by atoms with van der Waals surface area (Å²) in [6, 6.07) is 28.5. The van der Waals surface area contributed by atoms with Crippen molar-refractivity contribution >= 4 is 0 Å². The van der Waals surface area contributed by atoms with Gasteiger partial charge in [-0.05, 0) is 35.1 Å². The highest BCUT2D eigenvalue weighted by atomic mass is 15.0. The molecule has 0 bridgehead atoms. The molecule has 0 saturated heterocycles. The minimum atomic E-state index is 0.349. The van der Waals surface area contributed by atoms with Crippen molar-refractivity contribution in [3.63, 3.8) is 0 Å². The van der Waals surface area contributed by atoms with E-state index in [2.05, 4.69) is 108 Å². The van der Waals surface area contributed by atoms with Crippen LogP contribution in [0.1, 0.15) is 60.8 Å². The summed E-state index contributed by atoms with van der Waals surface area (Å²) >= 11 is 0. The maximum Gasteiger partial charge on any atom is 0.0991 e. The molecular weight excluding hydrogens is 352 g/mol. The zero-order valence-corrected chi connectivity index (χ0v) is 17.2. The van der Waals surface area contributed by atoms with E-state index in [4.69, 9.17) is 0 Å². The minimum Gasteiger partial charge on any atom is -0.306 e. The summed E-state index contributed by atoms with van der Waals surface area (Å²) in [6.07, 6.45) is 7.97. The van der Waals surface area contributed by atoms with Gasteiger partial charge in [0.2, 0.25) is 0 Å². The first kappa shape index (κ1) is 19.2. The van der Waals surface area contributed by atoms with Gasteiger partial charge < -0.3 is 4.57 Å². The Morgan fingerprint density at radius 3 is 1.62 bits per heavy atom. The number of hydrogen-bond donors (Lipinski definition) is 0. The van der Waals surface area contributed by atoms with E-state index in [0.717, 1.165) is 12.8 Å². The van der Waals surface area contributed by atoms with Crippen LogP contribution in [0.4, 0.5) is 0 Å². The third-order valence-electron chi connectivity index (χ3n) is 5.83. The number of nitrogens with zero attached hydrogens (tertiary/aromatic N) is 2. The summed E-state index contributed by atoms with van der Waals surface area (Å²) in [6.45, 7) is 4.55. The molecule has 2 heteroatoms. The second kappa shape index (κ2) is 8.91. The van der Waals surface area contributed by atoms with E-state index in [-0.39, 0.29) is 0 Å². The number of hydrogen-bond acceptors (Lipinski definition) is 1. The van der Waals surface area contributed by atoms with Gasteiger partial charge in [0.15, 0.2) is 0 Å². The van der Waals surface area contributed by atoms with Gasteiger partial charge in [-0.2, -0.15) is 0 Å². The molecule has 0 spiro atoms. The second-order valence-electron chi connectivity index (χ2n) is 7.50. The maximum absolute atomic E-state index is 4.36. The van der Waals surface area contributed by atoms with Crippen LogP contribution in [0.2, 0.25) is 0 Å². The quantitative estimate of drug-likeness (QED) is 0.339. The summed E-state index contributed by atoms with van der Waals surface area (Å²) < 4.78 is 2.20. The van der Waals surface area contributed by atoms with Gasteiger partial charge >= 0.3 is 0 Å². The van der Waals surface area contributed by atoms with Crippen molar-refractivity contribution in [2.24, 2.45) is 0 Å². The molecule has 0 saturated carbocycles.